The monoisotopic (exact) mass is 371 g/mol. The number of benzene rings is 2. The molecule has 26 heavy (non-hydrogen) atoms. The molecule has 0 bridgehead atoms. The van der Waals surface area contributed by atoms with Crippen molar-refractivity contribution in [2.75, 3.05) is 19.6 Å². The molecule has 0 saturated carbocycles. The minimum Gasteiger partial charge on any atom is -0.385 e. The highest BCUT2D eigenvalue weighted by Gasteiger charge is 2.36. The van der Waals surface area contributed by atoms with Crippen molar-refractivity contribution in [3.8, 4) is 0 Å². The van der Waals surface area contributed by atoms with E-state index in [4.69, 9.17) is 0 Å². The van der Waals surface area contributed by atoms with Crippen molar-refractivity contribution >= 4 is 18.2 Å². The molecule has 0 amide bonds. The van der Waals surface area contributed by atoms with Gasteiger partial charge < -0.3 is 10.0 Å². The molecule has 1 aliphatic carbocycles. The number of rotatable bonds is 3. The Balaban J connectivity index is 0.00000196. The molecule has 2 aromatic rings. The van der Waals surface area contributed by atoms with E-state index >= 15 is 0 Å². The molecule has 2 aliphatic rings. The number of ketones is 1. The molecule has 0 spiro atoms. The summed E-state index contributed by atoms with van der Waals surface area (Å²) in [5, 5.41) is 11.0. The van der Waals surface area contributed by atoms with Crippen LogP contribution in [0.1, 0.15) is 40.7 Å². The second-order valence-electron chi connectivity index (χ2n) is 7.46. The molecule has 0 radical (unpaired) electrons. The van der Waals surface area contributed by atoms with Crippen LogP contribution in [0.2, 0.25) is 0 Å². The molecule has 1 unspecified atom stereocenters. The Morgan fingerprint density at radius 1 is 1.00 bits per heavy atom. The van der Waals surface area contributed by atoms with E-state index in [0.29, 0.717) is 5.78 Å². The molecule has 138 valence electrons. The van der Waals surface area contributed by atoms with Gasteiger partial charge in [-0.3, -0.25) is 4.79 Å². The minimum atomic E-state index is -0.721. The minimum absolute atomic E-state index is 0. The van der Waals surface area contributed by atoms with Crippen LogP contribution in [-0.4, -0.2) is 35.4 Å². The predicted molar refractivity (Wildman–Crippen MR) is 106 cm³/mol. The van der Waals surface area contributed by atoms with Gasteiger partial charge in [0.05, 0.1) is 5.60 Å². The number of carbonyl (C=O) groups excluding carboxylic acids is 1. The number of nitrogens with zero attached hydrogens (tertiary/aromatic N) is 1. The normalized spacial score (nSPS) is 22.3. The quantitative estimate of drug-likeness (QED) is 0.891. The average Bonchev–Trinajstić information content (AvgIpc) is 2.67. The van der Waals surface area contributed by atoms with Gasteiger partial charge in [0, 0.05) is 31.1 Å². The summed E-state index contributed by atoms with van der Waals surface area (Å²) in [5.41, 5.74) is 2.40. The molecule has 4 rings (SSSR count). The van der Waals surface area contributed by atoms with E-state index in [1.165, 1.54) is 5.56 Å². The molecule has 0 aromatic heterocycles. The number of fused-ring (bicyclic) bond motifs is 1. The third kappa shape index (κ3) is 3.71. The second-order valence-corrected chi connectivity index (χ2v) is 7.46. The first-order valence-corrected chi connectivity index (χ1v) is 9.28. The first-order chi connectivity index (χ1) is 12.2. The van der Waals surface area contributed by atoms with E-state index in [9.17, 15) is 9.90 Å². The zero-order chi connectivity index (χ0) is 17.3. The Morgan fingerprint density at radius 2 is 1.65 bits per heavy atom. The first kappa shape index (κ1) is 19.1. The summed E-state index contributed by atoms with van der Waals surface area (Å²) >= 11 is 0. The van der Waals surface area contributed by atoms with Gasteiger partial charge in [0.1, 0.15) is 0 Å². The topological polar surface area (TPSA) is 40.5 Å². The van der Waals surface area contributed by atoms with Crippen LogP contribution in [0.25, 0.3) is 0 Å². The lowest BCUT2D eigenvalue weighted by atomic mass is 9.81. The highest BCUT2D eigenvalue weighted by Crippen LogP contribution is 2.34. The second kappa shape index (κ2) is 7.91. The van der Waals surface area contributed by atoms with Gasteiger partial charge in [-0.2, -0.15) is 0 Å². The Labute approximate surface area is 161 Å². The number of aliphatic hydroxyl groups is 1. The number of hydrogen-bond acceptors (Lipinski definition) is 3. The summed E-state index contributed by atoms with van der Waals surface area (Å²) in [6, 6.07) is 18.0. The maximum Gasteiger partial charge on any atom is 0.167 e. The number of aryl methyl sites for hydroxylation is 1. The summed E-state index contributed by atoms with van der Waals surface area (Å²) < 4.78 is 0. The van der Waals surface area contributed by atoms with Crippen LogP contribution in [0.4, 0.5) is 0 Å². The molecule has 1 fully saturated rings. The number of hydrogen-bond donors (Lipinski definition) is 1. The third-order valence-electron chi connectivity index (χ3n) is 5.89. The highest BCUT2D eigenvalue weighted by atomic mass is 35.5. The van der Waals surface area contributed by atoms with E-state index in [2.05, 4.69) is 11.0 Å². The lowest BCUT2D eigenvalue weighted by Gasteiger charge is -2.40. The Morgan fingerprint density at radius 3 is 2.38 bits per heavy atom. The zero-order valence-corrected chi connectivity index (χ0v) is 15.8. The molecule has 2 aromatic carbocycles. The van der Waals surface area contributed by atoms with Crippen LogP contribution < -0.4 is 0 Å². The van der Waals surface area contributed by atoms with Crippen molar-refractivity contribution < 1.29 is 9.90 Å². The van der Waals surface area contributed by atoms with Gasteiger partial charge in [0.2, 0.25) is 0 Å². The summed E-state index contributed by atoms with van der Waals surface area (Å²) in [6.45, 7) is 2.51. The summed E-state index contributed by atoms with van der Waals surface area (Å²) in [6.07, 6.45) is 3.40. The van der Waals surface area contributed by atoms with E-state index in [0.717, 1.165) is 56.4 Å². The van der Waals surface area contributed by atoms with Crippen LogP contribution in [0, 0.1) is 5.92 Å². The van der Waals surface area contributed by atoms with Crippen LogP contribution in [-0.2, 0) is 12.0 Å². The van der Waals surface area contributed by atoms with Crippen molar-refractivity contribution in [1.82, 2.24) is 4.90 Å². The summed E-state index contributed by atoms with van der Waals surface area (Å²) in [5.74, 6) is 0.392. The van der Waals surface area contributed by atoms with E-state index < -0.39 is 5.60 Å². The molecule has 1 N–H and O–H groups in total. The van der Waals surface area contributed by atoms with E-state index in [-0.39, 0.29) is 18.3 Å². The van der Waals surface area contributed by atoms with Gasteiger partial charge in [-0.25, -0.2) is 0 Å². The van der Waals surface area contributed by atoms with E-state index in [1.54, 1.807) is 0 Å². The molecule has 1 saturated heterocycles. The van der Waals surface area contributed by atoms with Gasteiger partial charge in [0.15, 0.2) is 5.78 Å². The molecule has 4 heteroatoms. The molecule has 1 atom stereocenters. The van der Waals surface area contributed by atoms with E-state index in [1.807, 2.05) is 48.5 Å². The number of carbonyl (C=O) groups is 1. The van der Waals surface area contributed by atoms with Crippen molar-refractivity contribution in [1.29, 1.82) is 0 Å². The van der Waals surface area contributed by atoms with Crippen LogP contribution in [0.5, 0.6) is 0 Å². The Hall–Kier alpha value is -1.68. The molecule has 1 heterocycles. The van der Waals surface area contributed by atoms with Crippen molar-refractivity contribution in [3.63, 3.8) is 0 Å². The predicted octanol–water partition coefficient (Wildman–Crippen LogP) is 3.84. The fraction of sp³-hybridized carbons (Fsp3) is 0.409. The molecular weight excluding hydrogens is 346 g/mol. The van der Waals surface area contributed by atoms with Gasteiger partial charge >= 0.3 is 0 Å². The Bertz CT molecular complexity index is 754. The number of piperidine rings is 1. The largest absolute Gasteiger partial charge is 0.385 e. The average molecular weight is 372 g/mol. The van der Waals surface area contributed by atoms with Gasteiger partial charge in [-0.05, 0) is 36.8 Å². The zero-order valence-electron chi connectivity index (χ0n) is 14.9. The molecular formula is C22H26ClNO2. The van der Waals surface area contributed by atoms with Crippen LogP contribution in [0.3, 0.4) is 0 Å². The van der Waals surface area contributed by atoms with Crippen LogP contribution >= 0.6 is 12.4 Å². The third-order valence-corrected chi connectivity index (χ3v) is 5.89. The maximum absolute atomic E-state index is 12.8. The standard InChI is InChI=1S/C22H25NO2.ClH/c24-21-18(11-10-17-6-4-5-9-20(17)21)16-23-14-12-22(25,13-15-23)19-7-2-1-3-8-19;/h1-9,18,25H,10-16H2;1H. The van der Waals surface area contributed by atoms with Crippen molar-refractivity contribution in [2.24, 2.45) is 5.92 Å². The Kier molecular flexibility index (Phi) is 5.81. The number of Topliss-reactive ketones (excluding diaryl/α,β-unsaturated/α-hetero) is 1. The smallest absolute Gasteiger partial charge is 0.167 e. The lowest BCUT2D eigenvalue weighted by Crippen LogP contribution is -2.45. The van der Waals surface area contributed by atoms with Gasteiger partial charge in [-0.15, -0.1) is 12.4 Å². The molecule has 1 aliphatic heterocycles. The maximum atomic E-state index is 12.8. The highest BCUT2D eigenvalue weighted by molar-refractivity contribution is 6.00. The first-order valence-electron chi connectivity index (χ1n) is 9.28. The summed E-state index contributed by atoms with van der Waals surface area (Å²) in [4.78, 5) is 15.1. The fourth-order valence-corrected chi connectivity index (χ4v) is 4.29. The summed E-state index contributed by atoms with van der Waals surface area (Å²) in [7, 11) is 0. The van der Waals surface area contributed by atoms with Crippen molar-refractivity contribution in [2.45, 2.75) is 31.3 Å². The lowest BCUT2D eigenvalue weighted by molar-refractivity contribution is -0.0283. The van der Waals surface area contributed by atoms with Crippen LogP contribution in [0.15, 0.2) is 54.6 Å². The molecule has 3 nitrogen and oxygen atoms in total. The van der Waals surface area contributed by atoms with Gasteiger partial charge in [-0.1, -0.05) is 54.6 Å². The van der Waals surface area contributed by atoms with Crippen molar-refractivity contribution in [3.05, 3.63) is 71.3 Å². The number of halogens is 1. The van der Waals surface area contributed by atoms with Gasteiger partial charge in [0.25, 0.3) is 0 Å². The SMILES string of the molecule is Cl.O=C1c2ccccc2CCC1CN1CCC(O)(c2ccccc2)CC1. The number of likely N-dealkylation sites (tertiary alicyclic amines) is 1. The fourth-order valence-electron chi connectivity index (χ4n) is 4.29.